The van der Waals surface area contributed by atoms with Crippen LogP contribution in [-0.4, -0.2) is 6.54 Å². The monoisotopic (exact) mass is 347 g/mol. The van der Waals surface area contributed by atoms with E-state index in [0.717, 1.165) is 18.7 Å². The van der Waals surface area contributed by atoms with E-state index in [1.807, 2.05) is 24.3 Å². The molecule has 0 saturated heterocycles. The van der Waals surface area contributed by atoms with E-state index < -0.39 is 0 Å². The molecule has 106 valence electrons. The van der Waals surface area contributed by atoms with Crippen LogP contribution in [0.1, 0.15) is 12.5 Å². The van der Waals surface area contributed by atoms with Gasteiger partial charge in [0, 0.05) is 12.1 Å². The zero-order chi connectivity index (χ0) is 14.7. The highest BCUT2D eigenvalue weighted by Crippen LogP contribution is 2.42. The molecule has 0 unspecified atom stereocenters. The maximum Gasteiger partial charge on any atom is 0.0785 e. The molecule has 0 fully saturated rings. The van der Waals surface area contributed by atoms with Crippen LogP contribution in [0, 0.1) is 0 Å². The van der Waals surface area contributed by atoms with E-state index in [1.54, 1.807) is 6.07 Å². The Hall–Kier alpha value is -0.440. The SMILES string of the molecule is CCNCc1ccc(-c2c(Cl)cc(Cl)c(Cl)c2Cl)cc1. The predicted molar refractivity (Wildman–Crippen MR) is 89.3 cm³/mol. The Morgan fingerprint density at radius 1 is 0.900 bits per heavy atom. The Morgan fingerprint density at radius 3 is 2.15 bits per heavy atom. The number of hydrogen-bond donors (Lipinski definition) is 1. The molecule has 1 N–H and O–H groups in total. The standard InChI is InChI=1S/C15H13Cl4N/c1-2-20-8-9-3-5-10(6-4-9)13-11(16)7-12(17)14(18)15(13)19/h3-7,20H,2,8H2,1H3. The van der Waals surface area contributed by atoms with Crippen LogP contribution < -0.4 is 5.32 Å². The van der Waals surface area contributed by atoms with Gasteiger partial charge in [0.05, 0.1) is 20.1 Å². The van der Waals surface area contributed by atoms with Crippen LogP contribution in [0.2, 0.25) is 20.1 Å². The molecule has 0 aromatic heterocycles. The van der Waals surface area contributed by atoms with Crippen molar-refractivity contribution in [2.24, 2.45) is 0 Å². The second-order valence-electron chi connectivity index (χ2n) is 4.32. The maximum absolute atomic E-state index is 6.25. The van der Waals surface area contributed by atoms with Crippen molar-refractivity contribution in [2.45, 2.75) is 13.5 Å². The average Bonchev–Trinajstić information content (AvgIpc) is 2.44. The van der Waals surface area contributed by atoms with Gasteiger partial charge < -0.3 is 5.32 Å². The van der Waals surface area contributed by atoms with Crippen molar-refractivity contribution in [3.63, 3.8) is 0 Å². The Bertz CT molecular complexity index is 608. The van der Waals surface area contributed by atoms with Crippen molar-refractivity contribution >= 4 is 46.4 Å². The predicted octanol–water partition coefficient (Wildman–Crippen LogP) is 6.08. The van der Waals surface area contributed by atoms with Crippen LogP contribution in [0.15, 0.2) is 30.3 Å². The molecule has 2 rings (SSSR count). The molecule has 0 aliphatic heterocycles. The number of halogens is 4. The van der Waals surface area contributed by atoms with E-state index in [4.69, 9.17) is 46.4 Å². The van der Waals surface area contributed by atoms with Crippen LogP contribution in [0.4, 0.5) is 0 Å². The smallest absolute Gasteiger partial charge is 0.0785 e. The summed E-state index contributed by atoms with van der Waals surface area (Å²) >= 11 is 24.5. The Morgan fingerprint density at radius 2 is 1.55 bits per heavy atom. The lowest BCUT2D eigenvalue weighted by Crippen LogP contribution is -2.11. The number of rotatable bonds is 4. The van der Waals surface area contributed by atoms with Crippen LogP contribution >= 0.6 is 46.4 Å². The lowest BCUT2D eigenvalue weighted by molar-refractivity contribution is 0.727. The van der Waals surface area contributed by atoms with E-state index in [0.29, 0.717) is 25.7 Å². The van der Waals surface area contributed by atoms with Crippen molar-refractivity contribution in [3.8, 4) is 11.1 Å². The molecule has 0 amide bonds. The van der Waals surface area contributed by atoms with Crippen molar-refractivity contribution in [2.75, 3.05) is 6.54 Å². The summed E-state index contributed by atoms with van der Waals surface area (Å²) in [6.45, 7) is 3.84. The number of benzene rings is 2. The van der Waals surface area contributed by atoms with Gasteiger partial charge in [0.25, 0.3) is 0 Å². The van der Waals surface area contributed by atoms with E-state index in [1.165, 1.54) is 5.56 Å². The third-order valence-electron chi connectivity index (χ3n) is 2.94. The number of hydrogen-bond acceptors (Lipinski definition) is 1. The first kappa shape index (κ1) is 15.9. The first-order valence-electron chi connectivity index (χ1n) is 6.17. The molecule has 2 aromatic rings. The highest BCUT2D eigenvalue weighted by atomic mass is 35.5. The Balaban J connectivity index is 2.39. The summed E-state index contributed by atoms with van der Waals surface area (Å²) in [5.74, 6) is 0. The van der Waals surface area contributed by atoms with Crippen molar-refractivity contribution in [1.29, 1.82) is 0 Å². The van der Waals surface area contributed by atoms with Gasteiger partial charge in [0.1, 0.15) is 0 Å². The molecule has 0 spiro atoms. The molecular weight excluding hydrogens is 336 g/mol. The third-order valence-corrected chi connectivity index (χ3v) is 4.50. The lowest BCUT2D eigenvalue weighted by atomic mass is 10.0. The van der Waals surface area contributed by atoms with E-state index in [-0.39, 0.29) is 0 Å². The Labute approximate surface area is 138 Å². The van der Waals surface area contributed by atoms with Gasteiger partial charge >= 0.3 is 0 Å². The summed E-state index contributed by atoms with van der Waals surface area (Å²) in [6, 6.07) is 9.63. The van der Waals surface area contributed by atoms with Gasteiger partial charge in [-0.15, -0.1) is 0 Å². The van der Waals surface area contributed by atoms with Crippen LogP contribution in [0.3, 0.4) is 0 Å². The topological polar surface area (TPSA) is 12.0 Å². The highest BCUT2D eigenvalue weighted by Gasteiger charge is 2.15. The fraction of sp³-hybridized carbons (Fsp3) is 0.200. The highest BCUT2D eigenvalue weighted by molar-refractivity contribution is 6.51. The van der Waals surface area contributed by atoms with Gasteiger partial charge in [0.2, 0.25) is 0 Å². The molecule has 1 nitrogen and oxygen atoms in total. The summed E-state index contributed by atoms with van der Waals surface area (Å²) in [4.78, 5) is 0. The summed E-state index contributed by atoms with van der Waals surface area (Å²) < 4.78 is 0. The molecular formula is C15H13Cl4N. The summed E-state index contributed by atoms with van der Waals surface area (Å²) in [6.07, 6.45) is 0. The number of nitrogens with one attached hydrogen (secondary N) is 1. The molecule has 0 heterocycles. The molecule has 0 aliphatic carbocycles. The summed E-state index contributed by atoms with van der Waals surface area (Å²) in [5, 5.41) is 4.82. The molecule has 0 aliphatic rings. The molecule has 0 radical (unpaired) electrons. The average molecular weight is 349 g/mol. The van der Waals surface area contributed by atoms with Gasteiger partial charge in [0.15, 0.2) is 0 Å². The maximum atomic E-state index is 6.25. The van der Waals surface area contributed by atoms with Gasteiger partial charge in [-0.05, 0) is 23.7 Å². The van der Waals surface area contributed by atoms with Gasteiger partial charge in [-0.2, -0.15) is 0 Å². The van der Waals surface area contributed by atoms with Crippen LogP contribution in [-0.2, 0) is 6.54 Å². The van der Waals surface area contributed by atoms with Crippen LogP contribution in [0.5, 0.6) is 0 Å². The second kappa shape index (κ2) is 7.02. The fourth-order valence-corrected chi connectivity index (χ4v) is 3.02. The molecule has 0 bridgehead atoms. The van der Waals surface area contributed by atoms with Crippen molar-refractivity contribution in [1.82, 2.24) is 5.32 Å². The molecule has 20 heavy (non-hydrogen) atoms. The zero-order valence-corrected chi connectivity index (χ0v) is 13.8. The largest absolute Gasteiger partial charge is 0.313 e. The molecule has 0 saturated carbocycles. The zero-order valence-electron chi connectivity index (χ0n) is 10.8. The Kier molecular flexibility index (Phi) is 5.59. The minimum atomic E-state index is 0.324. The third kappa shape index (κ3) is 3.41. The van der Waals surface area contributed by atoms with E-state index in [2.05, 4.69) is 12.2 Å². The van der Waals surface area contributed by atoms with Crippen molar-refractivity contribution in [3.05, 3.63) is 56.0 Å². The minimum Gasteiger partial charge on any atom is -0.313 e. The minimum absolute atomic E-state index is 0.324. The summed E-state index contributed by atoms with van der Waals surface area (Å²) in [5.41, 5.74) is 2.82. The van der Waals surface area contributed by atoms with Crippen LogP contribution in [0.25, 0.3) is 11.1 Å². The molecule has 2 aromatic carbocycles. The lowest BCUT2D eigenvalue weighted by Gasteiger charge is -2.11. The van der Waals surface area contributed by atoms with E-state index >= 15 is 0 Å². The van der Waals surface area contributed by atoms with Gasteiger partial charge in [-0.3, -0.25) is 0 Å². The quantitative estimate of drug-likeness (QED) is 0.521. The first-order chi connectivity index (χ1) is 9.54. The first-order valence-corrected chi connectivity index (χ1v) is 7.68. The molecule has 0 atom stereocenters. The van der Waals surface area contributed by atoms with Gasteiger partial charge in [-0.25, -0.2) is 0 Å². The van der Waals surface area contributed by atoms with Gasteiger partial charge in [-0.1, -0.05) is 77.6 Å². The second-order valence-corrected chi connectivity index (χ2v) is 5.89. The fourth-order valence-electron chi connectivity index (χ4n) is 1.89. The van der Waals surface area contributed by atoms with E-state index in [9.17, 15) is 0 Å². The molecule has 5 heteroatoms. The van der Waals surface area contributed by atoms with Crippen molar-refractivity contribution < 1.29 is 0 Å². The normalized spacial score (nSPS) is 10.8. The summed E-state index contributed by atoms with van der Waals surface area (Å²) in [7, 11) is 0.